The number of fused-ring (bicyclic) bond motifs is 3. The highest BCUT2D eigenvalue weighted by atomic mass is 15.2. The maximum Gasteiger partial charge on any atom is 0.238 e. The maximum absolute atomic E-state index is 9.48. The van der Waals surface area contributed by atoms with E-state index in [0.29, 0.717) is 27.9 Å². The van der Waals surface area contributed by atoms with Crippen LogP contribution in [0.4, 0.5) is 0 Å². The molecule has 61 heavy (non-hydrogen) atoms. The van der Waals surface area contributed by atoms with Gasteiger partial charge in [-0.15, -0.1) is 0 Å². The molecule has 2 aromatic heterocycles. The highest BCUT2D eigenvalue weighted by molar-refractivity contribution is 6.14. The molecule has 0 spiro atoms. The first-order valence-electron chi connectivity index (χ1n) is 22.3. The lowest BCUT2D eigenvalue weighted by molar-refractivity contribution is 0.954. The van der Waals surface area contributed by atoms with Crippen molar-refractivity contribution in [1.29, 1.82) is 0 Å². The standard InChI is InChI=1S/C57H38N4/c1-5-16-39(17-6-1)43-28-32-45(33-29-43)55-58-56(46-34-30-44(31-35-46)40-18-7-2-8-19-40)60-57(59-55)61-53-27-14-13-24-51(53)52-26-15-25-50(54(52)61)49-37-47(41-20-9-3-10-21-41)36-48(38-49)42-22-11-4-12-23-42/h1-38H/i13D,14D,24D,27D. The van der Waals surface area contributed by atoms with Gasteiger partial charge < -0.3 is 0 Å². The highest BCUT2D eigenvalue weighted by Gasteiger charge is 2.21. The first-order valence-corrected chi connectivity index (χ1v) is 20.3. The monoisotopic (exact) mass is 782 g/mol. The Morgan fingerprint density at radius 3 is 1.23 bits per heavy atom. The molecule has 0 radical (unpaired) electrons. The van der Waals surface area contributed by atoms with Gasteiger partial charge in [0.05, 0.1) is 16.5 Å². The number of rotatable bonds is 8. The number of hydrogen-bond donors (Lipinski definition) is 0. The van der Waals surface area contributed by atoms with E-state index >= 15 is 0 Å². The van der Waals surface area contributed by atoms with Crippen molar-refractivity contribution in [2.24, 2.45) is 0 Å². The Morgan fingerprint density at radius 2 is 0.738 bits per heavy atom. The van der Waals surface area contributed by atoms with E-state index in [1.165, 1.54) is 0 Å². The van der Waals surface area contributed by atoms with Crippen LogP contribution < -0.4 is 0 Å². The Bertz CT molecular complexity index is 3380. The summed E-state index contributed by atoms with van der Waals surface area (Å²) in [5.74, 6) is 1.06. The predicted molar refractivity (Wildman–Crippen MR) is 252 cm³/mol. The van der Waals surface area contributed by atoms with Gasteiger partial charge in [-0.05, 0) is 74.3 Å². The Hall–Kier alpha value is -8.21. The zero-order chi connectivity index (χ0) is 44.0. The normalized spacial score (nSPS) is 12.2. The van der Waals surface area contributed by atoms with Gasteiger partial charge in [0.25, 0.3) is 0 Å². The molecule has 0 aliphatic heterocycles. The molecule has 286 valence electrons. The molecule has 0 atom stereocenters. The van der Waals surface area contributed by atoms with Crippen molar-refractivity contribution in [2.45, 2.75) is 0 Å². The molecule has 0 N–H and O–H groups in total. The number of benzene rings is 9. The summed E-state index contributed by atoms with van der Waals surface area (Å²) in [5, 5.41) is 1.04. The van der Waals surface area contributed by atoms with E-state index in [2.05, 4.69) is 91.0 Å². The molecule has 11 aromatic rings. The third kappa shape index (κ3) is 6.86. The average molecular weight is 783 g/mol. The minimum atomic E-state index is -0.340. The summed E-state index contributed by atoms with van der Waals surface area (Å²) in [5.41, 5.74) is 12.6. The van der Waals surface area contributed by atoms with Crippen LogP contribution in [0, 0.1) is 0 Å². The third-order valence-corrected chi connectivity index (χ3v) is 11.2. The van der Waals surface area contributed by atoms with Crippen LogP contribution in [-0.4, -0.2) is 19.5 Å². The van der Waals surface area contributed by atoms with Crippen LogP contribution in [0.15, 0.2) is 230 Å². The number of hydrogen-bond acceptors (Lipinski definition) is 3. The lowest BCUT2D eigenvalue weighted by atomic mass is 9.92. The summed E-state index contributed by atoms with van der Waals surface area (Å²) in [6.07, 6.45) is 0. The van der Waals surface area contributed by atoms with Crippen molar-refractivity contribution in [2.75, 3.05) is 0 Å². The molecular formula is C57H38N4. The maximum atomic E-state index is 9.48. The molecule has 0 bridgehead atoms. The van der Waals surface area contributed by atoms with E-state index in [4.69, 9.17) is 17.7 Å². The van der Waals surface area contributed by atoms with E-state index in [1.54, 1.807) is 0 Å². The Kier molecular flexibility index (Phi) is 8.07. The Balaban J connectivity index is 1.20. The van der Waals surface area contributed by atoms with E-state index in [-0.39, 0.29) is 35.6 Å². The van der Waals surface area contributed by atoms with Crippen molar-refractivity contribution >= 4 is 21.8 Å². The Labute approximate surface area is 360 Å². The fourth-order valence-corrected chi connectivity index (χ4v) is 8.18. The molecule has 0 fully saturated rings. The molecule has 11 rings (SSSR count). The number of aromatic nitrogens is 4. The quantitative estimate of drug-likeness (QED) is 0.154. The second-order valence-electron chi connectivity index (χ2n) is 15.0. The van der Waals surface area contributed by atoms with Crippen LogP contribution in [0.5, 0.6) is 0 Å². The van der Waals surface area contributed by atoms with Crippen molar-refractivity contribution in [3.63, 3.8) is 0 Å². The number of nitrogens with zero attached hydrogens (tertiary/aromatic N) is 4. The summed E-state index contributed by atoms with van der Waals surface area (Å²) >= 11 is 0. The van der Waals surface area contributed by atoms with Gasteiger partial charge in [-0.3, -0.25) is 4.57 Å². The van der Waals surface area contributed by atoms with Crippen molar-refractivity contribution < 1.29 is 5.48 Å². The van der Waals surface area contributed by atoms with E-state index in [1.807, 2.05) is 120 Å². The summed E-state index contributed by atoms with van der Waals surface area (Å²) in [4.78, 5) is 15.5. The molecule has 0 amide bonds. The predicted octanol–water partition coefficient (Wildman–Crippen LogP) is 14.6. The van der Waals surface area contributed by atoms with Crippen molar-refractivity contribution in [1.82, 2.24) is 19.5 Å². The third-order valence-electron chi connectivity index (χ3n) is 11.2. The van der Waals surface area contributed by atoms with Gasteiger partial charge in [0.1, 0.15) is 0 Å². The van der Waals surface area contributed by atoms with Crippen LogP contribution >= 0.6 is 0 Å². The van der Waals surface area contributed by atoms with Gasteiger partial charge in [-0.1, -0.05) is 206 Å². The van der Waals surface area contributed by atoms with Crippen LogP contribution in [0.25, 0.3) is 106 Å². The van der Waals surface area contributed by atoms with Gasteiger partial charge in [0.15, 0.2) is 11.6 Å². The Morgan fingerprint density at radius 1 is 0.328 bits per heavy atom. The average Bonchev–Trinajstić information content (AvgIpc) is 3.74. The van der Waals surface area contributed by atoms with Crippen LogP contribution in [-0.2, 0) is 0 Å². The fraction of sp³-hybridized carbons (Fsp3) is 0. The largest absolute Gasteiger partial charge is 0.277 e. The summed E-state index contributed by atoms with van der Waals surface area (Å²) < 4.78 is 38.4. The molecule has 0 unspecified atom stereocenters. The van der Waals surface area contributed by atoms with E-state index in [9.17, 15) is 2.74 Å². The zero-order valence-electron chi connectivity index (χ0n) is 36.9. The fourth-order valence-electron chi connectivity index (χ4n) is 8.18. The molecule has 4 nitrogen and oxygen atoms in total. The molecule has 9 aromatic carbocycles. The summed E-state index contributed by atoms with van der Waals surface area (Å²) in [6, 6.07) is 68.7. The lowest BCUT2D eigenvalue weighted by Crippen LogP contribution is -2.07. The van der Waals surface area contributed by atoms with Crippen LogP contribution in [0.1, 0.15) is 5.48 Å². The van der Waals surface area contributed by atoms with E-state index in [0.717, 1.165) is 66.8 Å². The molecular weight excluding hydrogens is 741 g/mol. The molecule has 0 saturated carbocycles. The smallest absolute Gasteiger partial charge is 0.238 e. The second-order valence-corrected chi connectivity index (χ2v) is 15.0. The first kappa shape index (κ1) is 31.7. The van der Waals surface area contributed by atoms with Gasteiger partial charge in [0.2, 0.25) is 5.95 Å². The van der Waals surface area contributed by atoms with E-state index < -0.39 is 0 Å². The second kappa shape index (κ2) is 15.5. The number of para-hydroxylation sites is 2. The minimum absolute atomic E-state index is 0.132. The van der Waals surface area contributed by atoms with Crippen molar-refractivity contribution in [3.05, 3.63) is 230 Å². The van der Waals surface area contributed by atoms with Gasteiger partial charge in [0, 0.05) is 27.5 Å². The molecule has 0 saturated heterocycles. The lowest BCUT2D eigenvalue weighted by Gasteiger charge is -2.15. The molecule has 0 aliphatic carbocycles. The zero-order valence-corrected chi connectivity index (χ0v) is 32.9. The first-order chi connectivity index (χ1) is 31.9. The minimum Gasteiger partial charge on any atom is -0.277 e. The van der Waals surface area contributed by atoms with Crippen LogP contribution in [0.2, 0.25) is 0 Å². The molecule has 2 heterocycles. The van der Waals surface area contributed by atoms with Gasteiger partial charge in [-0.25, -0.2) is 4.98 Å². The summed E-state index contributed by atoms with van der Waals surface area (Å²) in [7, 11) is 0. The SMILES string of the molecule is [2H]c1c([2H])c([2H])c2c(c1[2H])c1cccc(-c3cc(-c4ccccc4)cc(-c4ccccc4)c3)c1n2-c1nc(-c2ccc(-c3ccccc3)cc2)nc(-c2ccc(-c3ccccc3)cc2)n1. The van der Waals surface area contributed by atoms with Gasteiger partial charge in [-0.2, -0.15) is 9.97 Å². The summed E-state index contributed by atoms with van der Waals surface area (Å²) in [6.45, 7) is 0. The van der Waals surface area contributed by atoms with Crippen LogP contribution in [0.3, 0.4) is 0 Å². The molecule has 0 aliphatic rings. The van der Waals surface area contributed by atoms with Crippen molar-refractivity contribution in [3.8, 4) is 84.4 Å². The highest BCUT2D eigenvalue weighted by Crippen LogP contribution is 2.41. The van der Waals surface area contributed by atoms with Gasteiger partial charge >= 0.3 is 0 Å². The topological polar surface area (TPSA) is 43.6 Å². The molecule has 4 heteroatoms.